The quantitative estimate of drug-likeness (QED) is 0.650. The number of carboxylic acid groups (broad SMARTS) is 1. The van der Waals surface area contributed by atoms with Crippen LogP contribution in [0.15, 0.2) is 16.6 Å². The van der Waals surface area contributed by atoms with Gasteiger partial charge in [0, 0.05) is 6.04 Å². The van der Waals surface area contributed by atoms with Gasteiger partial charge in [-0.3, -0.25) is 4.79 Å². The van der Waals surface area contributed by atoms with Crippen LogP contribution in [0.4, 0.5) is 20.6 Å². The van der Waals surface area contributed by atoms with Gasteiger partial charge in [0.1, 0.15) is 11.9 Å². The number of benzene rings is 1. The molecule has 1 aromatic rings. The lowest BCUT2D eigenvalue weighted by molar-refractivity contribution is -0.117. The van der Waals surface area contributed by atoms with Gasteiger partial charge in [0.15, 0.2) is 0 Å². The van der Waals surface area contributed by atoms with E-state index in [0.29, 0.717) is 11.4 Å². The first kappa shape index (κ1) is 15.6. The maximum atomic E-state index is 13.6. The second-order valence-electron chi connectivity index (χ2n) is 4.86. The minimum Gasteiger partial charge on any atom is -0.465 e. The maximum Gasteiger partial charge on any atom is 0.405 e. The van der Waals surface area contributed by atoms with E-state index in [-0.39, 0.29) is 10.5 Å². The summed E-state index contributed by atoms with van der Waals surface area (Å²) in [4.78, 5) is 22.4. The van der Waals surface area contributed by atoms with Crippen molar-refractivity contribution in [1.29, 1.82) is 0 Å². The van der Waals surface area contributed by atoms with Gasteiger partial charge in [-0.15, -0.1) is 0 Å². The van der Waals surface area contributed by atoms with Crippen LogP contribution in [0.25, 0.3) is 0 Å². The molecule has 4 N–H and O–H groups in total. The van der Waals surface area contributed by atoms with Crippen molar-refractivity contribution in [3.63, 3.8) is 0 Å². The number of rotatable bonds is 5. The number of carbonyl (C=O) groups excluding carboxylic acids is 1. The Bertz CT molecular complexity index is 578. The van der Waals surface area contributed by atoms with Crippen molar-refractivity contribution in [2.75, 3.05) is 10.6 Å². The van der Waals surface area contributed by atoms with E-state index in [1.807, 2.05) is 0 Å². The first-order chi connectivity index (χ1) is 9.88. The first-order valence-corrected chi connectivity index (χ1v) is 7.22. The Labute approximate surface area is 129 Å². The summed E-state index contributed by atoms with van der Waals surface area (Å²) in [5.41, 5.74) is 0.868. The van der Waals surface area contributed by atoms with Gasteiger partial charge in [-0.2, -0.15) is 0 Å². The highest BCUT2D eigenvalue weighted by Gasteiger charge is 2.25. The first-order valence-electron chi connectivity index (χ1n) is 6.43. The molecule has 6 nitrogen and oxygen atoms in total. The zero-order valence-electron chi connectivity index (χ0n) is 11.2. The molecule has 0 saturated heterocycles. The third kappa shape index (κ3) is 4.07. The molecule has 114 valence electrons. The second-order valence-corrected chi connectivity index (χ2v) is 5.66. The lowest BCUT2D eigenvalue weighted by Crippen LogP contribution is -2.40. The van der Waals surface area contributed by atoms with Crippen LogP contribution in [0.1, 0.15) is 19.8 Å². The fourth-order valence-corrected chi connectivity index (χ4v) is 2.18. The average Bonchev–Trinajstić information content (AvgIpc) is 3.21. The van der Waals surface area contributed by atoms with Crippen molar-refractivity contribution >= 4 is 39.3 Å². The molecule has 1 aliphatic carbocycles. The van der Waals surface area contributed by atoms with Crippen LogP contribution >= 0.6 is 15.9 Å². The maximum absolute atomic E-state index is 13.6. The predicted octanol–water partition coefficient (Wildman–Crippen LogP) is 2.76. The molecule has 1 fully saturated rings. The summed E-state index contributed by atoms with van der Waals surface area (Å²) in [5.74, 6) is -0.956. The Morgan fingerprint density at radius 2 is 2.10 bits per heavy atom. The number of nitrogens with one attached hydrogen (secondary N) is 3. The predicted molar refractivity (Wildman–Crippen MR) is 80.0 cm³/mol. The lowest BCUT2D eigenvalue weighted by atomic mass is 10.2. The van der Waals surface area contributed by atoms with E-state index in [0.717, 1.165) is 12.8 Å². The molecular formula is C13H15BrFN3O3. The molecule has 1 aliphatic rings. The fourth-order valence-electron chi connectivity index (χ4n) is 1.72. The van der Waals surface area contributed by atoms with E-state index in [1.165, 1.54) is 19.1 Å². The van der Waals surface area contributed by atoms with Gasteiger partial charge in [-0.05, 0) is 47.8 Å². The van der Waals surface area contributed by atoms with Gasteiger partial charge < -0.3 is 21.1 Å². The summed E-state index contributed by atoms with van der Waals surface area (Å²) >= 11 is 3.16. The highest BCUT2D eigenvalue weighted by molar-refractivity contribution is 9.10. The van der Waals surface area contributed by atoms with Gasteiger partial charge in [0.2, 0.25) is 5.91 Å². The van der Waals surface area contributed by atoms with Crippen molar-refractivity contribution in [2.24, 2.45) is 0 Å². The van der Waals surface area contributed by atoms with E-state index < -0.39 is 23.9 Å². The molecule has 0 spiro atoms. The van der Waals surface area contributed by atoms with Gasteiger partial charge >= 0.3 is 6.09 Å². The zero-order valence-corrected chi connectivity index (χ0v) is 12.8. The van der Waals surface area contributed by atoms with Crippen molar-refractivity contribution < 1.29 is 19.1 Å². The molecule has 8 heteroatoms. The number of halogens is 2. The zero-order chi connectivity index (χ0) is 15.6. The summed E-state index contributed by atoms with van der Waals surface area (Å²) < 4.78 is 13.9. The summed E-state index contributed by atoms with van der Waals surface area (Å²) in [5, 5.41) is 16.4. The summed E-state index contributed by atoms with van der Waals surface area (Å²) in [6.45, 7) is 1.43. The third-order valence-corrected chi connectivity index (χ3v) is 3.79. The number of hydrogen-bond acceptors (Lipinski definition) is 3. The summed E-state index contributed by atoms with van der Waals surface area (Å²) in [6, 6.07) is 2.02. The molecule has 1 atom stereocenters. The number of hydrogen-bond donors (Lipinski definition) is 4. The van der Waals surface area contributed by atoms with Crippen LogP contribution in [0.2, 0.25) is 0 Å². The smallest absolute Gasteiger partial charge is 0.405 e. The Morgan fingerprint density at radius 3 is 2.67 bits per heavy atom. The van der Waals surface area contributed by atoms with E-state index in [1.54, 1.807) is 0 Å². The average molecular weight is 360 g/mol. The monoisotopic (exact) mass is 359 g/mol. The molecule has 1 aromatic carbocycles. The summed E-state index contributed by atoms with van der Waals surface area (Å²) in [6.07, 6.45) is 0.704. The normalized spacial score (nSPS) is 15.2. The van der Waals surface area contributed by atoms with Gasteiger partial charge in [-0.1, -0.05) is 0 Å². The minimum atomic E-state index is -1.28. The van der Waals surface area contributed by atoms with E-state index in [9.17, 15) is 14.0 Å². The molecule has 0 aliphatic heterocycles. The Balaban J connectivity index is 2.16. The van der Waals surface area contributed by atoms with E-state index in [4.69, 9.17) is 5.11 Å². The molecule has 2 amide bonds. The number of anilines is 2. The third-order valence-electron chi connectivity index (χ3n) is 3.01. The van der Waals surface area contributed by atoms with Crippen molar-refractivity contribution in [3.8, 4) is 0 Å². The Morgan fingerprint density at radius 1 is 1.43 bits per heavy atom. The van der Waals surface area contributed by atoms with Crippen LogP contribution in [-0.2, 0) is 4.79 Å². The SMILES string of the molecule is C[C@H](NC(=O)O)C(=O)Nc1ccc(F)c(Br)c1NC1CC1. The van der Waals surface area contributed by atoms with Gasteiger partial charge in [0.25, 0.3) is 0 Å². The highest BCUT2D eigenvalue weighted by atomic mass is 79.9. The molecule has 1 saturated carbocycles. The van der Waals surface area contributed by atoms with Crippen LogP contribution in [0.5, 0.6) is 0 Å². The molecule has 0 aromatic heterocycles. The van der Waals surface area contributed by atoms with Crippen LogP contribution in [-0.4, -0.2) is 29.2 Å². The minimum absolute atomic E-state index is 0.242. The van der Waals surface area contributed by atoms with E-state index in [2.05, 4.69) is 31.9 Å². The fraction of sp³-hybridized carbons (Fsp3) is 0.385. The Kier molecular flexibility index (Phi) is 4.66. The molecule has 0 unspecified atom stereocenters. The van der Waals surface area contributed by atoms with Crippen LogP contribution < -0.4 is 16.0 Å². The second kappa shape index (κ2) is 6.30. The van der Waals surface area contributed by atoms with Crippen LogP contribution in [0.3, 0.4) is 0 Å². The van der Waals surface area contributed by atoms with Gasteiger partial charge in [0.05, 0.1) is 15.8 Å². The lowest BCUT2D eigenvalue weighted by Gasteiger charge is -2.17. The van der Waals surface area contributed by atoms with Crippen LogP contribution in [0, 0.1) is 5.82 Å². The standard InChI is InChI=1S/C13H15BrFN3O3/c1-6(16-13(20)21)12(19)18-9-5-4-8(15)10(14)11(9)17-7-2-3-7/h4-7,16-17H,2-3H2,1H3,(H,18,19)(H,20,21)/t6-/m0/s1. The number of carbonyl (C=O) groups is 2. The topological polar surface area (TPSA) is 90.5 Å². The van der Waals surface area contributed by atoms with Crippen molar-refractivity contribution in [1.82, 2.24) is 5.32 Å². The molecule has 2 rings (SSSR count). The molecule has 21 heavy (non-hydrogen) atoms. The molecule has 0 bridgehead atoms. The van der Waals surface area contributed by atoms with Crippen molar-refractivity contribution in [3.05, 3.63) is 22.4 Å². The highest BCUT2D eigenvalue weighted by Crippen LogP contribution is 2.37. The van der Waals surface area contributed by atoms with Crippen molar-refractivity contribution in [2.45, 2.75) is 31.8 Å². The molecule has 0 radical (unpaired) electrons. The molecule has 0 heterocycles. The number of amides is 2. The summed E-state index contributed by atoms with van der Waals surface area (Å²) in [7, 11) is 0. The van der Waals surface area contributed by atoms with E-state index >= 15 is 0 Å². The van der Waals surface area contributed by atoms with Gasteiger partial charge in [-0.25, -0.2) is 9.18 Å². The Hall–Kier alpha value is -1.83. The molecular weight excluding hydrogens is 345 g/mol. The largest absolute Gasteiger partial charge is 0.465 e.